The molecule has 3 rings (SSSR count). The molecule has 3 heterocycles. The van der Waals surface area contributed by atoms with E-state index in [2.05, 4.69) is 18.8 Å². The highest BCUT2D eigenvalue weighted by Gasteiger charge is 2.36. The number of H-pyrrole nitrogens is 1. The van der Waals surface area contributed by atoms with E-state index in [9.17, 15) is 9.59 Å². The Balaban J connectivity index is 0.00000208. The molecule has 0 spiro atoms. The Morgan fingerprint density at radius 2 is 1.83 bits per heavy atom. The lowest BCUT2D eigenvalue weighted by molar-refractivity contribution is 0.0533. The number of aromatic nitrogens is 1. The fourth-order valence-corrected chi connectivity index (χ4v) is 3.46. The van der Waals surface area contributed by atoms with Crippen molar-refractivity contribution in [3.8, 4) is 0 Å². The summed E-state index contributed by atoms with van der Waals surface area (Å²) < 4.78 is 0. The zero-order valence-electron chi connectivity index (χ0n) is 14.4. The van der Waals surface area contributed by atoms with E-state index in [1.807, 2.05) is 9.80 Å². The third-order valence-electron chi connectivity index (χ3n) is 5.15. The van der Waals surface area contributed by atoms with Crippen LogP contribution in [0.5, 0.6) is 0 Å². The summed E-state index contributed by atoms with van der Waals surface area (Å²) in [6.45, 7) is 7.11. The number of piperidine rings is 1. The first-order valence-corrected chi connectivity index (χ1v) is 8.41. The molecule has 0 aliphatic carbocycles. The number of rotatable bonds is 2. The smallest absolute Gasteiger partial charge is 0.270 e. The molecular weight excluding hydrogens is 328 g/mol. The molecule has 2 aliphatic rings. The lowest BCUT2D eigenvalue weighted by Crippen LogP contribution is -2.53. The summed E-state index contributed by atoms with van der Waals surface area (Å²) in [6.07, 6.45) is 4.57. The van der Waals surface area contributed by atoms with E-state index in [4.69, 9.17) is 5.73 Å². The zero-order chi connectivity index (χ0) is 16.6. The molecule has 3 N–H and O–H groups in total. The summed E-state index contributed by atoms with van der Waals surface area (Å²) in [5.74, 6) is -0.0377. The average Bonchev–Trinajstić information content (AvgIpc) is 3.19. The van der Waals surface area contributed by atoms with Crippen LogP contribution in [0.3, 0.4) is 0 Å². The molecule has 6 nitrogen and oxygen atoms in total. The van der Waals surface area contributed by atoms with Gasteiger partial charge in [0.05, 0.1) is 5.56 Å². The molecule has 1 aromatic rings. The van der Waals surface area contributed by atoms with Crippen LogP contribution >= 0.6 is 12.4 Å². The normalized spacial score (nSPS) is 23.0. The zero-order valence-corrected chi connectivity index (χ0v) is 15.2. The molecule has 24 heavy (non-hydrogen) atoms. The highest BCUT2D eigenvalue weighted by atomic mass is 35.5. The SMILES string of the molecule is CC1(C)CN(C(=O)c2c[nH]c(C(=O)N3CCCC3)c2)CCC1N.Cl. The fourth-order valence-electron chi connectivity index (χ4n) is 3.46. The molecule has 0 radical (unpaired) electrons. The van der Waals surface area contributed by atoms with Gasteiger partial charge in [-0.25, -0.2) is 0 Å². The van der Waals surface area contributed by atoms with Gasteiger partial charge < -0.3 is 20.5 Å². The third-order valence-corrected chi connectivity index (χ3v) is 5.15. The minimum atomic E-state index is -0.0849. The predicted octanol–water partition coefficient (Wildman–Crippen LogP) is 1.87. The van der Waals surface area contributed by atoms with Crippen LogP contribution in [-0.2, 0) is 0 Å². The molecular formula is C17H27ClN4O2. The molecule has 2 fully saturated rings. The molecule has 7 heteroatoms. The van der Waals surface area contributed by atoms with Crippen LogP contribution < -0.4 is 5.73 Å². The minimum absolute atomic E-state index is 0. The van der Waals surface area contributed by atoms with Crippen molar-refractivity contribution in [2.24, 2.45) is 11.1 Å². The fraction of sp³-hybridized carbons (Fsp3) is 0.647. The van der Waals surface area contributed by atoms with E-state index >= 15 is 0 Å². The van der Waals surface area contributed by atoms with E-state index in [0.717, 1.165) is 32.4 Å². The van der Waals surface area contributed by atoms with Crippen LogP contribution in [-0.4, -0.2) is 58.8 Å². The maximum atomic E-state index is 12.7. The average molecular weight is 355 g/mol. The number of likely N-dealkylation sites (tertiary alicyclic amines) is 2. The number of aromatic amines is 1. The summed E-state index contributed by atoms with van der Waals surface area (Å²) in [7, 11) is 0. The van der Waals surface area contributed by atoms with Crippen molar-refractivity contribution in [3.63, 3.8) is 0 Å². The molecule has 0 aromatic carbocycles. The van der Waals surface area contributed by atoms with E-state index in [1.54, 1.807) is 12.3 Å². The maximum Gasteiger partial charge on any atom is 0.270 e. The molecule has 0 bridgehead atoms. The Morgan fingerprint density at radius 3 is 2.46 bits per heavy atom. The first-order valence-electron chi connectivity index (χ1n) is 8.41. The number of amides is 2. The van der Waals surface area contributed by atoms with Gasteiger partial charge in [0.15, 0.2) is 0 Å². The van der Waals surface area contributed by atoms with Crippen molar-refractivity contribution in [1.29, 1.82) is 0 Å². The van der Waals surface area contributed by atoms with Crippen molar-refractivity contribution in [1.82, 2.24) is 14.8 Å². The first-order chi connectivity index (χ1) is 10.9. The number of nitrogens with two attached hydrogens (primary N) is 1. The van der Waals surface area contributed by atoms with Gasteiger partial charge in [0.25, 0.3) is 11.8 Å². The predicted molar refractivity (Wildman–Crippen MR) is 95.5 cm³/mol. The summed E-state index contributed by atoms with van der Waals surface area (Å²) in [6, 6.07) is 1.80. The molecule has 134 valence electrons. The van der Waals surface area contributed by atoms with Gasteiger partial charge in [-0.15, -0.1) is 12.4 Å². The monoisotopic (exact) mass is 354 g/mol. The van der Waals surface area contributed by atoms with E-state index in [-0.39, 0.29) is 35.7 Å². The number of hydrogen-bond donors (Lipinski definition) is 2. The van der Waals surface area contributed by atoms with E-state index < -0.39 is 0 Å². The topological polar surface area (TPSA) is 82.4 Å². The Bertz CT molecular complexity index is 607. The van der Waals surface area contributed by atoms with Crippen LogP contribution in [0.4, 0.5) is 0 Å². The van der Waals surface area contributed by atoms with Gasteiger partial charge >= 0.3 is 0 Å². The summed E-state index contributed by atoms with van der Waals surface area (Å²) in [5.41, 5.74) is 7.11. The van der Waals surface area contributed by atoms with Crippen LogP contribution in [0.1, 0.15) is 54.0 Å². The Morgan fingerprint density at radius 1 is 1.17 bits per heavy atom. The van der Waals surface area contributed by atoms with Gasteiger partial charge in [-0.05, 0) is 30.7 Å². The summed E-state index contributed by atoms with van der Waals surface area (Å²) >= 11 is 0. The van der Waals surface area contributed by atoms with Crippen LogP contribution in [0, 0.1) is 5.41 Å². The lowest BCUT2D eigenvalue weighted by Gasteiger charge is -2.42. The number of nitrogens with one attached hydrogen (secondary N) is 1. The van der Waals surface area contributed by atoms with Gasteiger partial charge in [0.1, 0.15) is 5.69 Å². The maximum absolute atomic E-state index is 12.7. The van der Waals surface area contributed by atoms with Gasteiger partial charge in [0, 0.05) is 38.4 Å². The quantitative estimate of drug-likeness (QED) is 0.850. The standard InChI is InChI=1S/C17H26N4O2.ClH/c1-17(2)11-21(8-5-14(17)18)15(22)12-9-13(19-10-12)16(23)20-6-3-4-7-20;/h9-10,14,19H,3-8,11,18H2,1-2H3;1H. The summed E-state index contributed by atoms with van der Waals surface area (Å²) in [4.78, 5) is 31.7. The van der Waals surface area contributed by atoms with Crippen molar-refractivity contribution in [2.75, 3.05) is 26.2 Å². The number of carbonyl (C=O) groups is 2. The van der Waals surface area contributed by atoms with Gasteiger partial charge in [0.2, 0.25) is 0 Å². The van der Waals surface area contributed by atoms with E-state index in [1.165, 1.54) is 0 Å². The van der Waals surface area contributed by atoms with Crippen LogP contribution in [0.25, 0.3) is 0 Å². The van der Waals surface area contributed by atoms with E-state index in [0.29, 0.717) is 24.3 Å². The van der Waals surface area contributed by atoms with Crippen LogP contribution in [0.2, 0.25) is 0 Å². The van der Waals surface area contributed by atoms with Gasteiger partial charge in [-0.1, -0.05) is 13.8 Å². The molecule has 1 atom stereocenters. The second-order valence-electron chi connectivity index (χ2n) is 7.41. The Labute approximate surface area is 149 Å². The molecule has 1 unspecified atom stereocenters. The van der Waals surface area contributed by atoms with Crippen molar-refractivity contribution >= 4 is 24.2 Å². The second-order valence-corrected chi connectivity index (χ2v) is 7.41. The highest BCUT2D eigenvalue weighted by Crippen LogP contribution is 2.28. The largest absolute Gasteiger partial charge is 0.356 e. The first kappa shape index (κ1) is 18.8. The number of hydrogen-bond acceptors (Lipinski definition) is 3. The molecule has 0 saturated carbocycles. The van der Waals surface area contributed by atoms with Crippen molar-refractivity contribution in [3.05, 3.63) is 23.5 Å². The van der Waals surface area contributed by atoms with Crippen molar-refractivity contribution < 1.29 is 9.59 Å². The second kappa shape index (κ2) is 7.15. The summed E-state index contributed by atoms with van der Waals surface area (Å²) in [5, 5.41) is 0. The third kappa shape index (κ3) is 3.59. The van der Waals surface area contributed by atoms with Gasteiger partial charge in [-0.2, -0.15) is 0 Å². The van der Waals surface area contributed by atoms with Crippen molar-refractivity contribution in [2.45, 2.75) is 39.2 Å². The molecule has 2 aliphatic heterocycles. The molecule has 2 amide bonds. The molecule has 1 aromatic heterocycles. The lowest BCUT2D eigenvalue weighted by atomic mass is 9.79. The number of nitrogens with zero attached hydrogens (tertiary/aromatic N) is 2. The Hall–Kier alpha value is -1.53. The molecule has 2 saturated heterocycles. The van der Waals surface area contributed by atoms with Gasteiger partial charge in [-0.3, -0.25) is 9.59 Å². The highest BCUT2D eigenvalue weighted by molar-refractivity contribution is 5.99. The Kier molecular flexibility index (Phi) is 5.60. The number of carbonyl (C=O) groups excluding carboxylic acids is 2. The minimum Gasteiger partial charge on any atom is -0.356 e. The van der Waals surface area contributed by atoms with Crippen LogP contribution in [0.15, 0.2) is 12.3 Å². The number of halogens is 1.